The van der Waals surface area contributed by atoms with E-state index in [-0.39, 0.29) is 12.5 Å². The molecule has 24 heavy (non-hydrogen) atoms. The van der Waals surface area contributed by atoms with E-state index in [1.165, 1.54) is 13.2 Å². The maximum absolute atomic E-state index is 12.5. The summed E-state index contributed by atoms with van der Waals surface area (Å²) in [7, 11) is 1.49. The minimum Gasteiger partial charge on any atom is -0.496 e. The monoisotopic (exact) mass is 347 g/mol. The Balaban J connectivity index is 1.79. The van der Waals surface area contributed by atoms with Gasteiger partial charge in [-0.05, 0) is 24.3 Å². The number of ether oxygens (including phenoxy) is 2. The minimum absolute atomic E-state index is 0.0713. The number of nitrogens with one attached hydrogen (secondary N) is 1. The highest BCUT2D eigenvalue weighted by Gasteiger charge is 2.36. The van der Waals surface area contributed by atoms with E-state index < -0.39 is 5.60 Å². The molecular weight excluding hydrogens is 330 g/mol. The van der Waals surface area contributed by atoms with Crippen LogP contribution in [-0.4, -0.2) is 31.3 Å². The summed E-state index contributed by atoms with van der Waals surface area (Å²) in [6.07, 6.45) is 0.400. The molecule has 5 nitrogen and oxygen atoms in total. The van der Waals surface area contributed by atoms with Crippen molar-refractivity contribution in [1.82, 2.24) is 5.32 Å². The van der Waals surface area contributed by atoms with Crippen molar-refractivity contribution in [2.75, 3.05) is 20.3 Å². The van der Waals surface area contributed by atoms with Gasteiger partial charge in [0.1, 0.15) is 17.1 Å². The van der Waals surface area contributed by atoms with Crippen LogP contribution >= 0.6 is 11.6 Å². The van der Waals surface area contributed by atoms with Crippen LogP contribution in [-0.2, 0) is 5.60 Å². The lowest BCUT2D eigenvalue weighted by Gasteiger charge is -2.34. The highest BCUT2D eigenvalue weighted by molar-refractivity contribution is 6.31. The molecule has 1 unspecified atom stereocenters. The van der Waals surface area contributed by atoms with Crippen molar-refractivity contribution in [3.8, 4) is 11.5 Å². The van der Waals surface area contributed by atoms with Crippen molar-refractivity contribution in [2.24, 2.45) is 0 Å². The molecule has 1 atom stereocenters. The van der Waals surface area contributed by atoms with Gasteiger partial charge in [0.05, 0.1) is 25.8 Å². The fraction of sp³-hybridized carbons (Fsp3) is 0.278. The number of methoxy groups -OCH3 is 1. The van der Waals surface area contributed by atoms with Crippen molar-refractivity contribution >= 4 is 17.5 Å². The Hall–Kier alpha value is -2.24. The van der Waals surface area contributed by atoms with Crippen molar-refractivity contribution in [1.29, 1.82) is 0 Å². The lowest BCUT2D eigenvalue weighted by Crippen LogP contribution is -2.44. The maximum atomic E-state index is 12.5. The van der Waals surface area contributed by atoms with Crippen LogP contribution in [0.1, 0.15) is 22.3 Å². The Labute approximate surface area is 145 Å². The third-order valence-electron chi connectivity index (χ3n) is 4.11. The van der Waals surface area contributed by atoms with E-state index in [0.29, 0.717) is 40.7 Å². The van der Waals surface area contributed by atoms with Crippen LogP contribution < -0.4 is 14.8 Å². The van der Waals surface area contributed by atoms with E-state index in [0.717, 1.165) is 0 Å². The van der Waals surface area contributed by atoms with E-state index in [9.17, 15) is 9.90 Å². The number of carbonyl (C=O) groups is 1. The molecule has 6 heteroatoms. The number of benzene rings is 2. The summed E-state index contributed by atoms with van der Waals surface area (Å²) in [5.74, 6) is 0.712. The van der Waals surface area contributed by atoms with Crippen LogP contribution in [0.15, 0.2) is 42.5 Å². The lowest BCUT2D eigenvalue weighted by atomic mass is 9.88. The number of fused-ring (bicyclic) bond motifs is 1. The summed E-state index contributed by atoms with van der Waals surface area (Å²) in [5, 5.41) is 14.2. The molecule has 0 spiro atoms. The zero-order chi connectivity index (χ0) is 17.2. The number of aliphatic hydroxyl groups is 1. The molecule has 0 fully saturated rings. The summed E-state index contributed by atoms with van der Waals surface area (Å²) >= 11 is 5.96. The molecule has 0 radical (unpaired) electrons. The first kappa shape index (κ1) is 16.6. The molecule has 1 amide bonds. The molecule has 2 aromatic carbocycles. The number of rotatable bonds is 4. The smallest absolute Gasteiger partial charge is 0.255 e. The molecule has 0 aliphatic carbocycles. The van der Waals surface area contributed by atoms with Gasteiger partial charge in [0.25, 0.3) is 5.91 Å². The Morgan fingerprint density at radius 3 is 2.96 bits per heavy atom. The summed E-state index contributed by atoms with van der Waals surface area (Å²) in [6, 6.07) is 12.1. The van der Waals surface area contributed by atoms with E-state index in [4.69, 9.17) is 21.1 Å². The van der Waals surface area contributed by atoms with Gasteiger partial charge in [0.2, 0.25) is 0 Å². The Morgan fingerprint density at radius 1 is 1.38 bits per heavy atom. The molecule has 126 valence electrons. The Bertz CT molecular complexity index is 764. The van der Waals surface area contributed by atoms with Gasteiger partial charge in [-0.3, -0.25) is 4.79 Å². The third-order valence-corrected chi connectivity index (χ3v) is 4.34. The first-order valence-corrected chi connectivity index (χ1v) is 7.98. The van der Waals surface area contributed by atoms with E-state index >= 15 is 0 Å². The molecule has 3 rings (SSSR count). The molecule has 2 N–H and O–H groups in total. The molecule has 0 aromatic heterocycles. The van der Waals surface area contributed by atoms with E-state index in [1.54, 1.807) is 24.3 Å². The van der Waals surface area contributed by atoms with Gasteiger partial charge in [-0.15, -0.1) is 0 Å². The second-order valence-electron chi connectivity index (χ2n) is 5.65. The van der Waals surface area contributed by atoms with Crippen molar-refractivity contribution < 1.29 is 19.4 Å². The van der Waals surface area contributed by atoms with Crippen molar-refractivity contribution in [3.05, 3.63) is 58.6 Å². The van der Waals surface area contributed by atoms with Gasteiger partial charge >= 0.3 is 0 Å². The van der Waals surface area contributed by atoms with Crippen LogP contribution in [0.2, 0.25) is 5.02 Å². The molecular formula is C18H18ClNO4. The van der Waals surface area contributed by atoms with Gasteiger partial charge in [-0.1, -0.05) is 29.8 Å². The van der Waals surface area contributed by atoms with E-state index in [2.05, 4.69) is 5.32 Å². The van der Waals surface area contributed by atoms with E-state index in [1.807, 2.05) is 12.1 Å². The average Bonchev–Trinajstić information content (AvgIpc) is 2.60. The number of halogens is 1. The quantitative estimate of drug-likeness (QED) is 0.892. The van der Waals surface area contributed by atoms with Crippen molar-refractivity contribution in [3.63, 3.8) is 0 Å². The van der Waals surface area contributed by atoms with Gasteiger partial charge < -0.3 is 19.9 Å². The standard InChI is InChI=1S/C18H18ClNO4/c1-23-15-7-6-12(19)10-13(15)17(21)20-11-18(22)8-9-24-16-5-3-2-4-14(16)18/h2-7,10,22H,8-9,11H2,1H3,(H,20,21). The zero-order valence-corrected chi connectivity index (χ0v) is 14.0. The molecule has 1 heterocycles. The van der Waals surface area contributed by atoms with Crippen LogP contribution in [0, 0.1) is 0 Å². The highest BCUT2D eigenvalue weighted by Crippen LogP contribution is 2.36. The number of amides is 1. The summed E-state index contributed by atoms with van der Waals surface area (Å²) < 4.78 is 10.7. The number of para-hydroxylation sites is 1. The molecule has 2 aromatic rings. The van der Waals surface area contributed by atoms with Crippen molar-refractivity contribution in [2.45, 2.75) is 12.0 Å². The fourth-order valence-electron chi connectivity index (χ4n) is 2.80. The second-order valence-corrected chi connectivity index (χ2v) is 6.09. The first-order valence-electron chi connectivity index (χ1n) is 7.60. The third kappa shape index (κ3) is 3.18. The van der Waals surface area contributed by atoms with Crippen LogP contribution in [0.4, 0.5) is 0 Å². The first-order chi connectivity index (χ1) is 11.5. The molecule has 0 saturated carbocycles. The largest absolute Gasteiger partial charge is 0.496 e. The normalized spacial score (nSPS) is 19.1. The summed E-state index contributed by atoms with van der Waals surface area (Å²) in [5.41, 5.74) is -0.167. The minimum atomic E-state index is -1.17. The van der Waals surface area contributed by atoms with Crippen LogP contribution in [0.3, 0.4) is 0 Å². The Kier molecular flexibility index (Phi) is 4.64. The van der Waals surface area contributed by atoms with Gasteiger partial charge in [0, 0.05) is 17.0 Å². The number of hydrogen-bond donors (Lipinski definition) is 2. The highest BCUT2D eigenvalue weighted by atomic mass is 35.5. The lowest BCUT2D eigenvalue weighted by molar-refractivity contribution is -0.00162. The number of hydrogen-bond acceptors (Lipinski definition) is 4. The molecule has 1 aliphatic heterocycles. The molecule has 0 bridgehead atoms. The van der Waals surface area contributed by atoms with Gasteiger partial charge in [-0.25, -0.2) is 0 Å². The predicted molar refractivity (Wildman–Crippen MR) is 90.8 cm³/mol. The topological polar surface area (TPSA) is 67.8 Å². The average molecular weight is 348 g/mol. The van der Waals surface area contributed by atoms with Gasteiger partial charge in [-0.2, -0.15) is 0 Å². The van der Waals surface area contributed by atoms with Crippen LogP contribution in [0.25, 0.3) is 0 Å². The SMILES string of the molecule is COc1ccc(Cl)cc1C(=O)NCC1(O)CCOc2ccccc21. The fourth-order valence-corrected chi connectivity index (χ4v) is 2.98. The molecule has 0 saturated heterocycles. The molecule has 1 aliphatic rings. The Morgan fingerprint density at radius 2 is 2.17 bits per heavy atom. The van der Waals surface area contributed by atoms with Crippen LogP contribution in [0.5, 0.6) is 11.5 Å². The predicted octanol–water partition coefficient (Wildman–Crippen LogP) is 2.75. The number of carbonyl (C=O) groups excluding carboxylic acids is 1. The van der Waals surface area contributed by atoms with Gasteiger partial charge in [0.15, 0.2) is 0 Å². The maximum Gasteiger partial charge on any atom is 0.255 e. The summed E-state index contributed by atoms with van der Waals surface area (Å²) in [4.78, 5) is 12.5. The second kappa shape index (κ2) is 6.71. The summed E-state index contributed by atoms with van der Waals surface area (Å²) in [6.45, 7) is 0.464. The zero-order valence-electron chi connectivity index (χ0n) is 13.2.